The van der Waals surface area contributed by atoms with E-state index in [1.165, 1.54) is 21.7 Å². The number of rotatable bonds is 13. The van der Waals surface area contributed by atoms with Crippen molar-refractivity contribution in [1.82, 2.24) is 9.78 Å². The number of benzene rings is 2. The van der Waals surface area contributed by atoms with E-state index in [1.54, 1.807) is 0 Å². The van der Waals surface area contributed by atoms with Gasteiger partial charge in [-0.1, -0.05) is 60.2 Å². The van der Waals surface area contributed by atoms with Gasteiger partial charge >= 0.3 is 5.97 Å². The molecule has 1 aliphatic carbocycles. The number of hydrogen-bond acceptors (Lipinski definition) is 6. The van der Waals surface area contributed by atoms with Crippen LogP contribution in [0, 0.1) is 18.8 Å². The fourth-order valence-electron chi connectivity index (χ4n) is 5.79. The third-order valence-corrected chi connectivity index (χ3v) is 9.09. The van der Waals surface area contributed by atoms with Crippen molar-refractivity contribution in [1.29, 1.82) is 0 Å². The number of nitrogens with zero attached hydrogens (tertiary/aromatic N) is 2. The predicted octanol–water partition coefficient (Wildman–Crippen LogP) is 7.07. The Labute approximate surface area is 247 Å². The Kier molecular flexibility index (Phi) is 10.9. The summed E-state index contributed by atoms with van der Waals surface area (Å²) in [7, 11) is 0. The van der Waals surface area contributed by atoms with Crippen molar-refractivity contribution in [3.05, 3.63) is 60.2 Å². The first-order chi connectivity index (χ1) is 20.1. The fourth-order valence-corrected chi connectivity index (χ4v) is 6.79. The summed E-state index contributed by atoms with van der Waals surface area (Å²) in [5, 5.41) is 15.3. The average molecular weight is 579 g/mol. The molecule has 2 aliphatic rings. The molecule has 41 heavy (non-hydrogen) atoms. The van der Waals surface area contributed by atoms with Crippen LogP contribution in [0.25, 0.3) is 22.4 Å². The number of carboxylic acid groups (broad SMARTS) is 1. The summed E-state index contributed by atoms with van der Waals surface area (Å²) >= 11 is 1.82. The molecule has 0 radical (unpaired) electrons. The van der Waals surface area contributed by atoms with Gasteiger partial charge in [0.15, 0.2) is 6.29 Å². The van der Waals surface area contributed by atoms with Crippen LogP contribution in [0.15, 0.2) is 59.6 Å². The molecule has 0 bridgehead atoms. The van der Waals surface area contributed by atoms with Gasteiger partial charge in [0.2, 0.25) is 0 Å². The van der Waals surface area contributed by atoms with Gasteiger partial charge < -0.3 is 19.3 Å². The molecular formula is C33H42N2O5S. The Balaban J connectivity index is 1.36. The fraction of sp³-hybridized carbons (Fsp3) is 0.515. The van der Waals surface area contributed by atoms with Crippen molar-refractivity contribution < 1.29 is 24.1 Å². The number of aromatic nitrogens is 2. The van der Waals surface area contributed by atoms with E-state index in [-0.39, 0.29) is 12.9 Å². The van der Waals surface area contributed by atoms with Gasteiger partial charge in [-0.2, -0.15) is 5.10 Å². The summed E-state index contributed by atoms with van der Waals surface area (Å²) in [5.41, 5.74) is 5.74. The SMILES string of the molecule is Cc1ccc(-c2nn(CC3CCC(COCC(=O)O)CC3)c(SCCOC3CCCCO3)c2-c2ccccc2)cc1. The zero-order chi connectivity index (χ0) is 28.4. The van der Waals surface area contributed by atoms with Crippen LogP contribution in [0.5, 0.6) is 0 Å². The van der Waals surface area contributed by atoms with Crippen molar-refractivity contribution in [3.8, 4) is 22.4 Å². The highest BCUT2D eigenvalue weighted by Crippen LogP contribution is 2.41. The molecular weight excluding hydrogens is 536 g/mol. The van der Waals surface area contributed by atoms with E-state index in [2.05, 4.69) is 66.2 Å². The number of carboxylic acids is 1. The second-order valence-corrected chi connectivity index (χ2v) is 12.3. The standard InChI is InChI=1S/C33H42N2O5S/c1-24-10-16-28(17-11-24)32-31(27-7-3-2-4-8-27)33(41-20-19-40-30-9-5-6-18-39-30)35(34-32)21-25-12-14-26(15-13-25)22-38-23-29(36)37/h2-4,7-8,10-11,16-17,25-26,30H,5-6,9,12-15,18-23H2,1H3,(H,36,37). The van der Waals surface area contributed by atoms with Crippen LogP contribution >= 0.6 is 11.8 Å². The van der Waals surface area contributed by atoms with Crippen LogP contribution in [0.3, 0.4) is 0 Å². The first-order valence-electron chi connectivity index (χ1n) is 15.0. The highest BCUT2D eigenvalue weighted by atomic mass is 32.2. The molecule has 1 N–H and O–H groups in total. The minimum absolute atomic E-state index is 0.0827. The van der Waals surface area contributed by atoms with E-state index < -0.39 is 5.97 Å². The zero-order valence-corrected chi connectivity index (χ0v) is 24.8. The minimum Gasteiger partial charge on any atom is -0.480 e. The highest BCUT2D eigenvalue weighted by Gasteiger charge is 2.26. The van der Waals surface area contributed by atoms with Gasteiger partial charge in [0, 0.05) is 30.0 Å². The first kappa shape index (κ1) is 29.8. The molecule has 1 aliphatic heterocycles. The summed E-state index contributed by atoms with van der Waals surface area (Å²) in [5.74, 6) is 0.870. The molecule has 1 atom stereocenters. The maximum atomic E-state index is 10.8. The lowest BCUT2D eigenvalue weighted by Crippen LogP contribution is -2.24. The van der Waals surface area contributed by atoms with Crippen molar-refractivity contribution in [2.24, 2.45) is 11.8 Å². The van der Waals surface area contributed by atoms with Crippen LogP contribution in [0.4, 0.5) is 0 Å². The molecule has 1 saturated heterocycles. The monoisotopic (exact) mass is 578 g/mol. The third-order valence-electron chi connectivity index (χ3n) is 8.03. The van der Waals surface area contributed by atoms with Crippen LogP contribution in [0.1, 0.15) is 50.5 Å². The van der Waals surface area contributed by atoms with E-state index in [9.17, 15) is 4.79 Å². The Morgan fingerprint density at radius 3 is 2.46 bits per heavy atom. The normalized spacial score (nSPS) is 21.1. The second-order valence-electron chi connectivity index (χ2n) is 11.3. The smallest absolute Gasteiger partial charge is 0.329 e. The van der Waals surface area contributed by atoms with Crippen LogP contribution in [-0.2, 0) is 25.5 Å². The van der Waals surface area contributed by atoms with Crippen LogP contribution < -0.4 is 0 Å². The van der Waals surface area contributed by atoms with E-state index in [0.717, 1.165) is 75.1 Å². The van der Waals surface area contributed by atoms with Gasteiger partial charge in [0.05, 0.1) is 13.2 Å². The summed E-state index contributed by atoms with van der Waals surface area (Å²) in [6, 6.07) is 19.3. The maximum absolute atomic E-state index is 10.8. The van der Waals surface area contributed by atoms with Gasteiger partial charge in [-0.25, -0.2) is 4.79 Å². The zero-order valence-electron chi connectivity index (χ0n) is 24.0. The van der Waals surface area contributed by atoms with Gasteiger partial charge in [0.25, 0.3) is 0 Å². The quantitative estimate of drug-likeness (QED) is 0.172. The van der Waals surface area contributed by atoms with Gasteiger partial charge in [-0.05, 0) is 69.3 Å². The lowest BCUT2D eigenvalue weighted by Gasteiger charge is -2.28. The molecule has 3 aromatic rings. The van der Waals surface area contributed by atoms with Crippen LogP contribution in [-0.4, -0.2) is 59.3 Å². The number of thioether (sulfide) groups is 1. The molecule has 1 saturated carbocycles. The average Bonchev–Trinajstić information content (AvgIpc) is 3.35. The molecule has 2 fully saturated rings. The Morgan fingerprint density at radius 1 is 1.00 bits per heavy atom. The molecule has 220 valence electrons. The Morgan fingerprint density at radius 2 is 1.76 bits per heavy atom. The molecule has 1 unspecified atom stereocenters. The second kappa shape index (κ2) is 15.0. The molecule has 2 heterocycles. The van der Waals surface area contributed by atoms with E-state index in [4.69, 9.17) is 24.4 Å². The summed E-state index contributed by atoms with van der Waals surface area (Å²) in [4.78, 5) is 10.8. The van der Waals surface area contributed by atoms with Gasteiger partial charge in [-0.15, -0.1) is 11.8 Å². The van der Waals surface area contributed by atoms with Crippen molar-refractivity contribution in [2.75, 3.05) is 32.2 Å². The van der Waals surface area contributed by atoms with Gasteiger partial charge in [0.1, 0.15) is 17.3 Å². The first-order valence-corrected chi connectivity index (χ1v) is 15.9. The third kappa shape index (κ3) is 8.44. The Hall–Kier alpha value is -2.65. The van der Waals surface area contributed by atoms with Crippen molar-refractivity contribution in [2.45, 2.75) is 69.7 Å². The maximum Gasteiger partial charge on any atom is 0.329 e. The predicted molar refractivity (Wildman–Crippen MR) is 162 cm³/mol. The molecule has 0 amide bonds. The molecule has 0 spiro atoms. The van der Waals surface area contributed by atoms with E-state index in [0.29, 0.717) is 25.0 Å². The minimum atomic E-state index is -0.905. The number of hydrogen-bond donors (Lipinski definition) is 1. The topological polar surface area (TPSA) is 82.8 Å². The number of carbonyl (C=O) groups is 1. The lowest BCUT2D eigenvalue weighted by molar-refractivity contribution is -0.158. The van der Waals surface area contributed by atoms with Crippen molar-refractivity contribution >= 4 is 17.7 Å². The number of aliphatic carboxylic acids is 1. The Bertz CT molecular complexity index is 1230. The van der Waals surface area contributed by atoms with Gasteiger partial charge in [-0.3, -0.25) is 4.68 Å². The van der Waals surface area contributed by atoms with E-state index in [1.807, 2.05) is 11.8 Å². The molecule has 8 heteroatoms. The molecule has 5 rings (SSSR count). The molecule has 1 aromatic heterocycles. The number of ether oxygens (including phenoxy) is 3. The summed E-state index contributed by atoms with van der Waals surface area (Å²) in [6.45, 7) is 4.72. The summed E-state index contributed by atoms with van der Waals surface area (Å²) < 4.78 is 19.5. The lowest BCUT2D eigenvalue weighted by atomic mass is 9.82. The largest absolute Gasteiger partial charge is 0.480 e. The highest BCUT2D eigenvalue weighted by molar-refractivity contribution is 7.99. The number of aryl methyl sites for hydroxylation is 1. The van der Waals surface area contributed by atoms with E-state index >= 15 is 0 Å². The van der Waals surface area contributed by atoms with Crippen LogP contribution in [0.2, 0.25) is 0 Å². The molecule has 2 aromatic carbocycles. The van der Waals surface area contributed by atoms with Crippen molar-refractivity contribution in [3.63, 3.8) is 0 Å². The molecule has 7 nitrogen and oxygen atoms in total. The summed E-state index contributed by atoms with van der Waals surface area (Å²) in [6.07, 6.45) is 7.46.